The lowest BCUT2D eigenvalue weighted by atomic mass is 10.3. The molecule has 1 saturated carbocycles. The van der Waals surface area contributed by atoms with Gasteiger partial charge in [-0.15, -0.1) is 5.10 Å². The Kier molecular flexibility index (Phi) is 3.27. The van der Waals surface area contributed by atoms with Crippen molar-refractivity contribution < 1.29 is 9.90 Å². The van der Waals surface area contributed by atoms with Gasteiger partial charge >= 0.3 is 0 Å². The maximum absolute atomic E-state index is 12.0. The quantitative estimate of drug-likeness (QED) is 0.760. The second kappa shape index (κ2) is 4.96. The molecule has 3 rings (SSSR count). The smallest absolute Gasteiger partial charge is 0.295 e. The highest BCUT2D eigenvalue weighted by molar-refractivity contribution is 6.37. The fraction of sp³-hybridized carbons (Fsp3) is 0.250. The molecule has 8 heteroatoms. The van der Waals surface area contributed by atoms with Gasteiger partial charge in [-0.05, 0) is 25.0 Å². The minimum atomic E-state index is -0.467. The Bertz CT molecular complexity index is 659. The van der Waals surface area contributed by atoms with Gasteiger partial charge in [0.1, 0.15) is 5.82 Å². The molecule has 2 aromatic rings. The summed E-state index contributed by atoms with van der Waals surface area (Å²) >= 11 is 11.6. The van der Waals surface area contributed by atoms with Gasteiger partial charge in [-0.2, -0.15) is 0 Å². The van der Waals surface area contributed by atoms with Crippen LogP contribution in [0.3, 0.4) is 0 Å². The Morgan fingerprint density at radius 2 is 2.00 bits per heavy atom. The number of phenols is 1. The summed E-state index contributed by atoms with van der Waals surface area (Å²) in [4.78, 5) is 16.1. The number of aromatic amines is 1. The Morgan fingerprint density at radius 1 is 1.35 bits per heavy atom. The van der Waals surface area contributed by atoms with Gasteiger partial charge in [0.05, 0.1) is 10.0 Å². The molecule has 104 valence electrons. The number of hydrogen-bond acceptors (Lipinski definition) is 4. The maximum Gasteiger partial charge on any atom is 0.295 e. The van der Waals surface area contributed by atoms with E-state index in [0.29, 0.717) is 11.6 Å². The van der Waals surface area contributed by atoms with Crippen molar-refractivity contribution in [2.24, 2.45) is 0 Å². The van der Waals surface area contributed by atoms with E-state index in [1.807, 2.05) is 0 Å². The molecule has 1 aromatic carbocycles. The van der Waals surface area contributed by atoms with Crippen LogP contribution >= 0.6 is 23.2 Å². The number of H-pyrrole nitrogens is 1. The number of halogens is 2. The fourth-order valence-electron chi connectivity index (χ4n) is 1.74. The first-order valence-corrected chi connectivity index (χ1v) is 6.72. The van der Waals surface area contributed by atoms with Crippen molar-refractivity contribution >= 4 is 34.8 Å². The van der Waals surface area contributed by atoms with E-state index < -0.39 is 5.91 Å². The van der Waals surface area contributed by atoms with Crippen LogP contribution in [0.1, 0.15) is 35.2 Å². The van der Waals surface area contributed by atoms with E-state index in [-0.39, 0.29) is 21.6 Å². The van der Waals surface area contributed by atoms with E-state index >= 15 is 0 Å². The summed E-state index contributed by atoms with van der Waals surface area (Å²) in [6.45, 7) is 0. The molecule has 1 fully saturated rings. The van der Waals surface area contributed by atoms with Crippen LogP contribution in [-0.2, 0) is 0 Å². The van der Waals surface area contributed by atoms with E-state index in [1.165, 1.54) is 12.1 Å². The fourth-order valence-corrected chi connectivity index (χ4v) is 2.23. The summed E-state index contributed by atoms with van der Waals surface area (Å²) in [5.74, 6) is 0.497. The monoisotopic (exact) mass is 312 g/mol. The average molecular weight is 313 g/mol. The highest BCUT2D eigenvalue weighted by Gasteiger charge is 2.28. The molecular weight excluding hydrogens is 303 g/mol. The molecule has 0 atom stereocenters. The second-order valence-electron chi connectivity index (χ2n) is 4.56. The van der Waals surface area contributed by atoms with Gasteiger partial charge in [0, 0.05) is 11.6 Å². The summed E-state index contributed by atoms with van der Waals surface area (Å²) in [6, 6.07) is 2.80. The molecular formula is C12H10Cl2N4O2. The SMILES string of the molecule is O=C(Nc1cc(Cl)c(O)c(Cl)c1)c1n[nH]c(C2CC2)n1. The van der Waals surface area contributed by atoms with Gasteiger partial charge in [-0.3, -0.25) is 9.89 Å². The summed E-state index contributed by atoms with van der Waals surface area (Å²) in [5, 5.41) is 18.8. The first-order chi connectivity index (χ1) is 9.54. The number of amides is 1. The lowest BCUT2D eigenvalue weighted by Gasteiger charge is -2.06. The van der Waals surface area contributed by atoms with Gasteiger partial charge in [-0.1, -0.05) is 23.2 Å². The number of hydrogen-bond donors (Lipinski definition) is 3. The number of benzene rings is 1. The molecule has 0 spiro atoms. The zero-order valence-corrected chi connectivity index (χ0v) is 11.7. The third-order valence-corrected chi connectivity index (χ3v) is 3.52. The van der Waals surface area contributed by atoms with Crippen molar-refractivity contribution in [3.8, 4) is 5.75 Å². The average Bonchev–Trinajstić information content (AvgIpc) is 3.13. The normalized spacial score (nSPS) is 14.3. The lowest BCUT2D eigenvalue weighted by Crippen LogP contribution is -2.13. The number of nitrogens with one attached hydrogen (secondary N) is 2. The number of nitrogens with zero attached hydrogens (tertiary/aromatic N) is 2. The van der Waals surface area contributed by atoms with Crippen molar-refractivity contribution in [3.05, 3.63) is 33.8 Å². The third kappa shape index (κ3) is 2.57. The molecule has 1 heterocycles. The molecule has 0 bridgehead atoms. The number of anilines is 1. The molecule has 1 aromatic heterocycles. The van der Waals surface area contributed by atoms with E-state index in [9.17, 15) is 9.90 Å². The van der Waals surface area contributed by atoms with Crippen LogP contribution in [0, 0.1) is 0 Å². The van der Waals surface area contributed by atoms with Crippen LogP contribution in [0.5, 0.6) is 5.75 Å². The Morgan fingerprint density at radius 3 is 2.60 bits per heavy atom. The number of phenolic OH excluding ortho intramolecular Hbond substituents is 1. The molecule has 0 unspecified atom stereocenters. The largest absolute Gasteiger partial charge is 0.505 e. The molecule has 20 heavy (non-hydrogen) atoms. The first-order valence-electron chi connectivity index (χ1n) is 5.96. The summed E-state index contributed by atoms with van der Waals surface area (Å²) in [5.41, 5.74) is 0.362. The zero-order chi connectivity index (χ0) is 14.3. The van der Waals surface area contributed by atoms with Crippen LogP contribution < -0.4 is 5.32 Å². The maximum atomic E-state index is 12.0. The van der Waals surface area contributed by atoms with Crippen molar-refractivity contribution in [1.29, 1.82) is 0 Å². The van der Waals surface area contributed by atoms with Gasteiger partial charge in [0.15, 0.2) is 5.75 Å². The van der Waals surface area contributed by atoms with Crippen molar-refractivity contribution in [3.63, 3.8) is 0 Å². The van der Waals surface area contributed by atoms with Crippen LogP contribution in [0.4, 0.5) is 5.69 Å². The highest BCUT2D eigenvalue weighted by Crippen LogP contribution is 2.38. The van der Waals surface area contributed by atoms with Crippen molar-refractivity contribution in [1.82, 2.24) is 15.2 Å². The number of carbonyl (C=O) groups is 1. The first kappa shape index (κ1) is 13.2. The van der Waals surface area contributed by atoms with Gasteiger partial charge in [-0.25, -0.2) is 4.98 Å². The number of aromatic hydroxyl groups is 1. The zero-order valence-electron chi connectivity index (χ0n) is 10.2. The summed E-state index contributed by atoms with van der Waals surface area (Å²) in [6.07, 6.45) is 2.14. The Hall–Kier alpha value is -1.79. The van der Waals surface area contributed by atoms with Crippen LogP contribution in [-0.4, -0.2) is 26.2 Å². The van der Waals surface area contributed by atoms with Crippen LogP contribution in [0.15, 0.2) is 12.1 Å². The van der Waals surface area contributed by atoms with Crippen LogP contribution in [0.2, 0.25) is 10.0 Å². The van der Waals surface area contributed by atoms with E-state index in [2.05, 4.69) is 20.5 Å². The van der Waals surface area contributed by atoms with Crippen molar-refractivity contribution in [2.45, 2.75) is 18.8 Å². The second-order valence-corrected chi connectivity index (χ2v) is 5.38. The van der Waals surface area contributed by atoms with Gasteiger partial charge in [0.2, 0.25) is 5.82 Å². The number of rotatable bonds is 3. The molecule has 0 aliphatic heterocycles. The highest BCUT2D eigenvalue weighted by atomic mass is 35.5. The molecule has 0 radical (unpaired) electrons. The topological polar surface area (TPSA) is 90.9 Å². The minimum Gasteiger partial charge on any atom is -0.505 e. The summed E-state index contributed by atoms with van der Waals surface area (Å²) < 4.78 is 0. The molecule has 1 aliphatic carbocycles. The molecule has 1 aliphatic rings. The molecule has 0 saturated heterocycles. The van der Waals surface area contributed by atoms with Crippen LogP contribution in [0.25, 0.3) is 0 Å². The molecule has 3 N–H and O–H groups in total. The Labute approximate surface area is 124 Å². The standard InChI is InChI=1S/C12H10Cl2N4O2/c13-7-3-6(4-8(14)9(7)19)15-12(20)11-16-10(17-18-11)5-1-2-5/h3-5,19H,1-2H2,(H,15,20)(H,16,17,18). The summed E-state index contributed by atoms with van der Waals surface area (Å²) in [7, 11) is 0. The number of carbonyl (C=O) groups excluding carboxylic acids is 1. The predicted octanol–water partition coefficient (Wildman–Crippen LogP) is 2.95. The number of aromatic nitrogens is 3. The third-order valence-electron chi connectivity index (χ3n) is 2.94. The Balaban J connectivity index is 1.77. The van der Waals surface area contributed by atoms with Gasteiger partial charge in [0.25, 0.3) is 5.91 Å². The molecule has 1 amide bonds. The van der Waals surface area contributed by atoms with E-state index in [1.54, 1.807) is 0 Å². The lowest BCUT2D eigenvalue weighted by molar-refractivity contribution is 0.101. The minimum absolute atomic E-state index is 0.0569. The predicted molar refractivity (Wildman–Crippen MR) is 74.4 cm³/mol. The molecule has 6 nitrogen and oxygen atoms in total. The van der Waals surface area contributed by atoms with Gasteiger partial charge < -0.3 is 10.4 Å². The van der Waals surface area contributed by atoms with Crippen molar-refractivity contribution in [2.75, 3.05) is 5.32 Å². The van der Waals surface area contributed by atoms with E-state index in [4.69, 9.17) is 23.2 Å². The van der Waals surface area contributed by atoms with E-state index in [0.717, 1.165) is 18.7 Å².